The van der Waals surface area contributed by atoms with Gasteiger partial charge in [0.05, 0.1) is 0 Å². The van der Waals surface area contributed by atoms with E-state index in [0.29, 0.717) is 5.92 Å². The average Bonchev–Trinajstić information content (AvgIpc) is 2.96. The van der Waals surface area contributed by atoms with Gasteiger partial charge in [-0.15, -0.1) is 24.4 Å². The van der Waals surface area contributed by atoms with Crippen LogP contribution in [0.25, 0.3) is 0 Å². The Bertz CT molecular complexity index is 195. The number of alkyl halides is 1. The van der Waals surface area contributed by atoms with Crippen LogP contribution in [0.3, 0.4) is 0 Å². The Morgan fingerprint density at radius 3 is 1.50 bits per heavy atom. The molecule has 0 amide bonds. The van der Waals surface area contributed by atoms with Gasteiger partial charge in [0.25, 0.3) is 0 Å². The number of halogens is 1. The van der Waals surface area contributed by atoms with Crippen molar-refractivity contribution in [2.24, 2.45) is 5.92 Å². The number of allylic oxidation sites excluding steroid dienone is 8. The molecule has 0 saturated heterocycles. The van der Waals surface area contributed by atoms with Crippen LogP contribution in [0.1, 0.15) is 26.7 Å². The SMILES string of the molecule is CC(C)CCl.[C-]1=CC=CC1.[C-]1=CC=CC1.[Zr+2]. The van der Waals surface area contributed by atoms with Gasteiger partial charge in [0.1, 0.15) is 0 Å². The molecule has 86 valence electrons. The van der Waals surface area contributed by atoms with Crippen molar-refractivity contribution < 1.29 is 26.2 Å². The molecule has 0 aromatic rings. The van der Waals surface area contributed by atoms with Gasteiger partial charge >= 0.3 is 26.2 Å². The molecule has 0 aromatic carbocycles. The molecule has 0 N–H and O–H groups in total. The van der Waals surface area contributed by atoms with E-state index in [0.717, 1.165) is 18.7 Å². The van der Waals surface area contributed by atoms with Crippen LogP contribution in [0.4, 0.5) is 0 Å². The van der Waals surface area contributed by atoms with Crippen molar-refractivity contribution in [3.63, 3.8) is 0 Å². The first-order chi connectivity index (χ1) is 7.27. The summed E-state index contributed by atoms with van der Waals surface area (Å²) in [5, 5.41) is 0. The zero-order valence-corrected chi connectivity index (χ0v) is 13.3. The fraction of sp³-hybridized carbons (Fsp3) is 0.429. The Morgan fingerprint density at radius 2 is 1.44 bits per heavy atom. The van der Waals surface area contributed by atoms with Gasteiger partial charge in [0.2, 0.25) is 0 Å². The van der Waals surface area contributed by atoms with E-state index in [1.807, 2.05) is 24.3 Å². The van der Waals surface area contributed by atoms with E-state index in [-0.39, 0.29) is 26.2 Å². The topological polar surface area (TPSA) is 0 Å². The molecule has 2 rings (SSSR count). The number of rotatable bonds is 1. The second-order valence-corrected chi connectivity index (χ2v) is 3.86. The number of hydrogen-bond acceptors (Lipinski definition) is 0. The van der Waals surface area contributed by atoms with Gasteiger partial charge in [-0.25, -0.2) is 24.3 Å². The molecule has 0 nitrogen and oxygen atoms in total. The first kappa shape index (κ1) is 18.5. The van der Waals surface area contributed by atoms with Crippen molar-refractivity contribution in [3.05, 3.63) is 48.6 Å². The monoisotopic (exact) mass is 312 g/mol. The van der Waals surface area contributed by atoms with Crippen molar-refractivity contribution in [3.8, 4) is 0 Å². The van der Waals surface area contributed by atoms with Gasteiger partial charge in [-0.1, -0.05) is 13.8 Å². The second-order valence-electron chi connectivity index (χ2n) is 3.55. The van der Waals surface area contributed by atoms with Crippen LogP contribution in [0.5, 0.6) is 0 Å². The maximum Gasteiger partial charge on any atom is 2.00 e. The van der Waals surface area contributed by atoms with Crippen LogP contribution in [0, 0.1) is 18.1 Å². The summed E-state index contributed by atoms with van der Waals surface area (Å²) < 4.78 is 0. The van der Waals surface area contributed by atoms with Crippen molar-refractivity contribution in [1.29, 1.82) is 0 Å². The smallest absolute Gasteiger partial charge is 0.273 e. The molecule has 2 aliphatic rings. The molecule has 0 bridgehead atoms. The molecule has 0 atom stereocenters. The Balaban J connectivity index is 0. The summed E-state index contributed by atoms with van der Waals surface area (Å²) in [5.74, 6) is 1.43. The van der Waals surface area contributed by atoms with Gasteiger partial charge in [-0.3, -0.25) is 12.2 Å². The third-order valence-electron chi connectivity index (χ3n) is 1.48. The van der Waals surface area contributed by atoms with Crippen LogP contribution in [-0.2, 0) is 26.2 Å². The minimum atomic E-state index is 0. The average molecular weight is 314 g/mol. The largest absolute Gasteiger partial charge is 2.00 e. The fourth-order valence-corrected chi connectivity index (χ4v) is 0.680. The van der Waals surface area contributed by atoms with E-state index < -0.39 is 0 Å². The third kappa shape index (κ3) is 16.6. The van der Waals surface area contributed by atoms with Crippen LogP contribution in [-0.4, -0.2) is 5.88 Å². The second kappa shape index (κ2) is 15.1. The van der Waals surface area contributed by atoms with E-state index in [2.05, 4.69) is 38.2 Å². The predicted molar refractivity (Wildman–Crippen MR) is 68.7 cm³/mol. The maximum absolute atomic E-state index is 5.34. The molecule has 0 unspecified atom stereocenters. The van der Waals surface area contributed by atoms with Gasteiger partial charge in [-0.05, 0) is 5.92 Å². The van der Waals surface area contributed by atoms with Crippen molar-refractivity contribution in [2.75, 3.05) is 5.88 Å². The molecule has 16 heavy (non-hydrogen) atoms. The maximum atomic E-state index is 5.34. The molecule has 0 aromatic heterocycles. The predicted octanol–water partition coefficient (Wildman–Crippen LogP) is 4.49. The molecule has 0 saturated carbocycles. The molecule has 0 heterocycles. The fourth-order valence-electron chi connectivity index (χ4n) is 0.680. The molecule has 0 aliphatic heterocycles. The standard InChI is InChI=1S/2C5H5.C4H9Cl.Zr/c2*1-2-4-5-3-1;1-4(2)3-5;/h2*1-3H,4H2;4H,3H2,1-2H3;/q2*-1;;+2. The van der Waals surface area contributed by atoms with Crippen molar-refractivity contribution in [2.45, 2.75) is 26.7 Å². The molecule has 0 spiro atoms. The Morgan fingerprint density at radius 1 is 1.06 bits per heavy atom. The zero-order valence-electron chi connectivity index (χ0n) is 10.0. The molecular weight excluding hydrogens is 295 g/mol. The molecule has 2 heteroatoms. The van der Waals surface area contributed by atoms with Crippen LogP contribution in [0.2, 0.25) is 0 Å². The quantitative estimate of drug-likeness (QED) is 0.494. The minimum Gasteiger partial charge on any atom is -0.273 e. The summed E-state index contributed by atoms with van der Waals surface area (Å²) >= 11 is 5.34. The van der Waals surface area contributed by atoms with Crippen LogP contribution in [0.15, 0.2) is 36.5 Å². The summed E-state index contributed by atoms with van der Waals surface area (Å²) in [5.41, 5.74) is 0. The van der Waals surface area contributed by atoms with Crippen molar-refractivity contribution >= 4 is 11.6 Å². The summed E-state index contributed by atoms with van der Waals surface area (Å²) in [6.07, 6.45) is 20.0. The van der Waals surface area contributed by atoms with E-state index in [9.17, 15) is 0 Å². The third-order valence-corrected chi connectivity index (χ3v) is 2.10. The van der Waals surface area contributed by atoms with Gasteiger partial charge in [-0.2, -0.15) is 12.2 Å². The number of hydrogen-bond donors (Lipinski definition) is 0. The zero-order chi connectivity index (χ0) is 11.4. The first-order valence-electron chi connectivity index (χ1n) is 5.26. The van der Waals surface area contributed by atoms with E-state index >= 15 is 0 Å². The van der Waals surface area contributed by atoms with E-state index in [4.69, 9.17) is 11.6 Å². The molecular formula is C14H19ClZr. The van der Waals surface area contributed by atoms with Crippen molar-refractivity contribution in [1.82, 2.24) is 0 Å². The van der Waals surface area contributed by atoms with Gasteiger partial charge < -0.3 is 0 Å². The first-order valence-corrected chi connectivity index (χ1v) is 5.80. The van der Waals surface area contributed by atoms with Crippen LogP contribution >= 0.6 is 11.6 Å². The normalized spacial score (nSPS) is 14.0. The summed E-state index contributed by atoms with van der Waals surface area (Å²) in [6, 6.07) is 0. The van der Waals surface area contributed by atoms with Gasteiger partial charge in [0, 0.05) is 5.88 Å². The molecule has 2 aliphatic carbocycles. The molecule has 0 fully saturated rings. The van der Waals surface area contributed by atoms with Gasteiger partial charge in [0.15, 0.2) is 0 Å². The molecule has 0 radical (unpaired) electrons. The Hall–Kier alpha value is 0.133. The van der Waals surface area contributed by atoms with E-state index in [1.54, 1.807) is 0 Å². The summed E-state index contributed by atoms with van der Waals surface area (Å²) in [7, 11) is 0. The Kier molecular flexibility index (Phi) is 17.5. The van der Waals surface area contributed by atoms with E-state index in [1.165, 1.54) is 0 Å². The Labute approximate surface area is 124 Å². The minimum absolute atomic E-state index is 0. The summed E-state index contributed by atoms with van der Waals surface area (Å²) in [4.78, 5) is 0. The van der Waals surface area contributed by atoms with Crippen LogP contribution < -0.4 is 0 Å². The summed E-state index contributed by atoms with van der Waals surface area (Å²) in [6.45, 7) is 4.18.